The van der Waals surface area contributed by atoms with Crippen LogP contribution in [0.15, 0.2) is 0 Å². The van der Waals surface area contributed by atoms with Crippen LogP contribution in [0.3, 0.4) is 0 Å². The summed E-state index contributed by atoms with van der Waals surface area (Å²) in [5, 5.41) is 0. The Morgan fingerprint density at radius 1 is 1.09 bits per heavy atom. The van der Waals surface area contributed by atoms with Crippen LogP contribution < -0.4 is 0 Å². The summed E-state index contributed by atoms with van der Waals surface area (Å²) in [5.41, 5.74) is 0. The van der Waals surface area contributed by atoms with Gasteiger partial charge in [-0.2, -0.15) is 0 Å². The summed E-state index contributed by atoms with van der Waals surface area (Å²) in [6.45, 7) is 0. The van der Waals surface area contributed by atoms with Gasteiger partial charge in [0.15, 0.2) is 0 Å². The van der Waals surface area contributed by atoms with E-state index >= 15 is 0 Å². The van der Waals surface area contributed by atoms with Crippen LogP contribution in [0.1, 0.15) is 32.1 Å². The van der Waals surface area contributed by atoms with E-state index in [1.54, 1.807) is 0 Å². The van der Waals surface area contributed by atoms with Gasteiger partial charge in [0.1, 0.15) is 0 Å². The molecule has 2 rings (SSSR count). The van der Waals surface area contributed by atoms with Gasteiger partial charge in [-0.25, -0.2) is 0 Å². The van der Waals surface area contributed by atoms with Crippen LogP contribution in [0.4, 0.5) is 0 Å². The number of hydrogen-bond donors (Lipinski definition) is 0. The Labute approximate surface area is 65.4 Å². The van der Waals surface area contributed by atoms with Gasteiger partial charge in [0.2, 0.25) is 11.8 Å². The minimum absolute atomic E-state index is 0.0414. The molecule has 1 saturated carbocycles. The fourth-order valence-corrected chi connectivity index (χ4v) is 1.65. The molecule has 0 spiro atoms. The number of rotatable bonds is 1. The summed E-state index contributed by atoms with van der Waals surface area (Å²) in [7, 11) is 0. The van der Waals surface area contributed by atoms with Crippen molar-refractivity contribution in [3.63, 3.8) is 0 Å². The van der Waals surface area contributed by atoms with Crippen molar-refractivity contribution >= 4 is 11.8 Å². The lowest BCUT2D eigenvalue weighted by Gasteiger charge is -2.32. The Morgan fingerprint density at radius 3 is 2.00 bits per heavy atom. The van der Waals surface area contributed by atoms with E-state index < -0.39 is 0 Å². The zero-order chi connectivity index (χ0) is 7.84. The van der Waals surface area contributed by atoms with Crippen LogP contribution in [-0.4, -0.2) is 22.8 Å². The first-order valence-corrected chi connectivity index (χ1v) is 4.14. The Bertz CT molecular complexity index is 192. The first kappa shape index (κ1) is 6.83. The molecular weight excluding hydrogens is 142 g/mol. The van der Waals surface area contributed by atoms with Crippen LogP contribution in [0.5, 0.6) is 0 Å². The standard InChI is InChI=1S/C8H11NO2/c10-7-4-5-8(11)9(7)6-2-1-3-6/h6H,1-5H2. The first-order chi connectivity index (χ1) is 5.29. The SMILES string of the molecule is O=C1CCC(=O)N1C1CCC1. The molecule has 11 heavy (non-hydrogen) atoms. The van der Waals surface area contributed by atoms with Gasteiger partial charge in [-0.1, -0.05) is 0 Å². The Balaban J connectivity index is 2.09. The van der Waals surface area contributed by atoms with Crippen molar-refractivity contribution in [2.45, 2.75) is 38.1 Å². The molecule has 0 aromatic carbocycles. The van der Waals surface area contributed by atoms with Gasteiger partial charge in [-0.15, -0.1) is 0 Å². The molecule has 3 nitrogen and oxygen atoms in total. The molecule has 1 saturated heterocycles. The zero-order valence-corrected chi connectivity index (χ0v) is 6.38. The van der Waals surface area contributed by atoms with Gasteiger partial charge in [-0.05, 0) is 19.3 Å². The largest absolute Gasteiger partial charge is 0.280 e. The maximum atomic E-state index is 11.1. The van der Waals surface area contributed by atoms with Crippen LogP contribution in [0.25, 0.3) is 0 Å². The van der Waals surface area contributed by atoms with Crippen molar-refractivity contribution in [2.75, 3.05) is 0 Å². The fraction of sp³-hybridized carbons (Fsp3) is 0.750. The third-order valence-corrected chi connectivity index (χ3v) is 2.53. The highest BCUT2D eigenvalue weighted by Gasteiger charge is 2.37. The summed E-state index contributed by atoms with van der Waals surface area (Å²) in [5.74, 6) is 0.0828. The number of carbonyl (C=O) groups is 2. The maximum Gasteiger partial charge on any atom is 0.229 e. The molecule has 60 valence electrons. The molecule has 1 aliphatic heterocycles. The van der Waals surface area contributed by atoms with Crippen molar-refractivity contribution in [3.8, 4) is 0 Å². The molecule has 0 unspecified atom stereocenters. The molecule has 0 aromatic heterocycles. The van der Waals surface area contributed by atoms with E-state index in [2.05, 4.69) is 0 Å². The Kier molecular flexibility index (Phi) is 1.44. The van der Waals surface area contributed by atoms with Crippen molar-refractivity contribution in [2.24, 2.45) is 0 Å². The number of likely N-dealkylation sites (tertiary alicyclic amines) is 1. The third-order valence-electron chi connectivity index (χ3n) is 2.53. The zero-order valence-electron chi connectivity index (χ0n) is 6.38. The topological polar surface area (TPSA) is 37.4 Å². The molecule has 0 radical (unpaired) electrons. The van der Waals surface area contributed by atoms with E-state index in [4.69, 9.17) is 0 Å². The van der Waals surface area contributed by atoms with E-state index in [-0.39, 0.29) is 17.9 Å². The van der Waals surface area contributed by atoms with Gasteiger partial charge >= 0.3 is 0 Å². The summed E-state index contributed by atoms with van der Waals surface area (Å²) >= 11 is 0. The molecule has 2 amide bonds. The number of nitrogens with zero attached hydrogens (tertiary/aromatic N) is 1. The van der Waals surface area contributed by atoms with Crippen LogP contribution in [0.2, 0.25) is 0 Å². The lowest BCUT2D eigenvalue weighted by atomic mass is 9.92. The molecule has 1 heterocycles. The quantitative estimate of drug-likeness (QED) is 0.520. The highest BCUT2D eigenvalue weighted by atomic mass is 16.2. The van der Waals surface area contributed by atoms with E-state index in [0.717, 1.165) is 12.8 Å². The Morgan fingerprint density at radius 2 is 1.64 bits per heavy atom. The molecule has 0 N–H and O–H groups in total. The minimum atomic E-state index is 0.0414. The van der Waals surface area contributed by atoms with Crippen LogP contribution in [0, 0.1) is 0 Å². The minimum Gasteiger partial charge on any atom is -0.280 e. The van der Waals surface area contributed by atoms with Gasteiger partial charge in [0, 0.05) is 18.9 Å². The second kappa shape index (κ2) is 2.32. The molecule has 0 atom stereocenters. The van der Waals surface area contributed by atoms with Gasteiger partial charge in [0.25, 0.3) is 0 Å². The lowest BCUT2D eigenvalue weighted by Crippen LogP contribution is -2.43. The molecule has 0 bridgehead atoms. The molecular formula is C8H11NO2. The van der Waals surface area contributed by atoms with Crippen LogP contribution in [-0.2, 0) is 9.59 Å². The summed E-state index contributed by atoms with van der Waals surface area (Å²) in [4.78, 5) is 23.7. The van der Waals surface area contributed by atoms with E-state index in [0.29, 0.717) is 12.8 Å². The highest BCUT2D eigenvalue weighted by molar-refractivity contribution is 6.02. The molecule has 1 aliphatic carbocycles. The smallest absolute Gasteiger partial charge is 0.229 e. The summed E-state index contributed by atoms with van der Waals surface area (Å²) < 4.78 is 0. The third kappa shape index (κ3) is 0.951. The van der Waals surface area contributed by atoms with Gasteiger partial charge in [0.05, 0.1) is 0 Å². The summed E-state index contributed by atoms with van der Waals surface area (Å²) in [6.07, 6.45) is 4.10. The van der Waals surface area contributed by atoms with Crippen molar-refractivity contribution in [1.82, 2.24) is 4.90 Å². The monoisotopic (exact) mass is 153 g/mol. The van der Waals surface area contributed by atoms with Gasteiger partial charge in [-0.3, -0.25) is 14.5 Å². The fourth-order valence-electron chi connectivity index (χ4n) is 1.65. The second-order valence-electron chi connectivity index (χ2n) is 3.24. The first-order valence-electron chi connectivity index (χ1n) is 4.14. The van der Waals surface area contributed by atoms with Crippen molar-refractivity contribution in [3.05, 3.63) is 0 Å². The lowest BCUT2D eigenvalue weighted by molar-refractivity contribution is -0.142. The average molecular weight is 153 g/mol. The van der Waals surface area contributed by atoms with Gasteiger partial charge < -0.3 is 0 Å². The normalized spacial score (nSPS) is 26.0. The van der Waals surface area contributed by atoms with E-state index in [9.17, 15) is 9.59 Å². The molecule has 0 aromatic rings. The molecule has 3 heteroatoms. The van der Waals surface area contributed by atoms with Crippen LogP contribution >= 0.6 is 0 Å². The maximum absolute atomic E-state index is 11.1. The number of amides is 2. The summed E-state index contributed by atoms with van der Waals surface area (Å²) in [6, 6.07) is 0.262. The second-order valence-corrected chi connectivity index (χ2v) is 3.24. The number of carbonyl (C=O) groups excluding carboxylic acids is 2. The number of hydrogen-bond acceptors (Lipinski definition) is 2. The molecule has 2 fully saturated rings. The van der Waals surface area contributed by atoms with Crippen molar-refractivity contribution in [1.29, 1.82) is 0 Å². The Hall–Kier alpha value is -0.860. The van der Waals surface area contributed by atoms with E-state index in [1.807, 2.05) is 0 Å². The van der Waals surface area contributed by atoms with E-state index in [1.165, 1.54) is 11.3 Å². The molecule has 2 aliphatic rings. The van der Waals surface area contributed by atoms with Crippen molar-refractivity contribution < 1.29 is 9.59 Å². The predicted octanol–water partition coefficient (Wildman–Crippen LogP) is 0.688. The number of imide groups is 1. The highest BCUT2D eigenvalue weighted by Crippen LogP contribution is 2.28. The predicted molar refractivity (Wildman–Crippen MR) is 38.7 cm³/mol. The average Bonchev–Trinajstić information content (AvgIpc) is 2.15.